The minimum Gasteiger partial charge on any atom is -0.465 e. The number of carbonyl (C=O) groups is 2. The molecule has 0 radical (unpaired) electrons. The van der Waals surface area contributed by atoms with E-state index in [-0.39, 0.29) is 18.3 Å². The number of hydrogen-bond donors (Lipinski definition) is 2. The third kappa shape index (κ3) is 5.16. The molecule has 1 amide bonds. The monoisotopic (exact) mass is 272 g/mol. The summed E-state index contributed by atoms with van der Waals surface area (Å²) in [4.78, 5) is 22.7. The summed E-state index contributed by atoms with van der Waals surface area (Å²) in [7, 11) is 1.31. The largest absolute Gasteiger partial charge is 0.465 e. The molecule has 1 aromatic carbocycles. The van der Waals surface area contributed by atoms with Crippen LogP contribution in [0.4, 0.5) is 5.69 Å². The summed E-state index contributed by atoms with van der Waals surface area (Å²) in [6.07, 6.45) is 1.02. The Balaban J connectivity index is 0.00000289. The first-order valence-corrected chi connectivity index (χ1v) is 5.35. The Hall–Kier alpha value is -1.59. The van der Waals surface area contributed by atoms with E-state index in [4.69, 9.17) is 5.73 Å². The number of ether oxygens (including phenoxy) is 1. The van der Waals surface area contributed by atoms with Crippen LogP contribution in [0.5, 0.6) is 0 Å². The molecule has 1 rings (SSSR count). The summed E-state index contributed by atoms with van der Waals surface area (Å²) < 4.78 is 4.59. The van der Waals surface area contributed by atoms with Gasteiger partial charge in [-0.05, 0) is 31.2 Å². The topological polar surface area (TPSA) is 81.4 Å². The van der Waals surface area contributed by atoms with E-state index in [0.29, 0.717) is 30.6 Å². The van der Waals surface area contributed by atoms with E-state index >= 15 is 0 Å². The van der Waals surface area contributed by atoms with E-state index in [1.54, 1.807) is 24.3 Å². The molecule has 0 fully saturated rings. The maximum absolute atomic E-state index is 11.4. The molecule has 0 bridgehead atoms. The van der Waals surface area contributed by atoms with Crippen molar-refractivity contribution in [2.75, 3.05) is 19.0 Å². The number of anilines is 1. The minimum absolute atomic E-state index is 0. The third-order valence-corrected chi connectivity index (χ3v) is 2.18. The first-order valence-electron chi connectivity index (χ1n) is 5.35. The van der Waals surface area contributed by atoms with Crippen molar-refractivity contribution in [3.8, 4) is 0 Å². The number of esters is 1. The standard InChI is InChI=1S/C12H16N2O3.ClH/c1-17-12(16)9-4-2-5-10(8-9)14-11(15)6-3-7-13;/h2,4-5,8H,3,6-7,13H2,1H3,(H,14,15);1H. The van der Waals surface area contributed by atoms with Crippen molar-refractivity contribution in [3.05, 3.63) is 29.8 Å². The highest BCUT2D eigenvalue weighted by atomic mass is 35.5. The van der Waals surface area contributed by atoms with Crippen LogP contribution in [0.1, 0.15) is 23.2 Å². The molecule has 100 valence electrons. The van der Waals surface area contributed by atoms with Crippen LogP contribution in [0, 0.1) is 0 Å². The number of nitrogens with two attached hydrogens (primary N) is 1. The molecule has 18 heavy (non-hydrogen) atoms. The summed E-state index contributed by atoms with van der Waals surface area (Å²) in [5.74, 6) is -0.541. The molecule has 3 N–H and O–H groups in total. The van der Waals surface area contributed by atoms with Gasteiger partial charge >= 0.3 is 5.97 Å². The number of hydrogen-bond acceptors (Lipinski definition) is 4. The summed E-state index contributed by atoms with van der Waals surface area (Å²) in [5.41, 5.74) is 6.30. The van der Waals surface area contributed by atoms with Crippen molar-refractivity contribution >= 4 is 30.0 Å². The van der Waals surface area contributed by atoms with Crippen LogP contribution in [-0.4, -0.2) is 25.5 Å². The zero-order valence-electron chi connectivity index (χ0n) is 10.1. The van der Waals surface area contributed by atoms with Gasteiger partial charge in [0.2, 0.25) is 5.91 Å². The van der Waals surface area contributed by atoms with Crippen LogP contribution < -0.4 is 11.1 Å². The number of amides is 1. The minimum atomic E-state index is -0.428. The van der Waals surface area contributed by atoms with Gasteiger partial charge in [0.1, 0.15) is 0 Å². The van der Waals surface area contributed by atoms with Crippen molar-refractivity contribution in [2.24, 2.45) is 5.73 Å². The highest BCUT2D eigenvalue weighted by molar-refractivity contribution is 5.94. The smallest absolute Gasteiger partial charge is 0.337 e. The molecule has 0 saturated carbocycles. The van der Waals surface area contributed by atoms with Gasteiger partial charge in [-0.2, -0.15) is 0 Å². The van der Waals surface area contributed by atoms with Crippen LogP contribution in [0.15, 0.2) is 24.3 Å². The lowest BCUT2D eigenvalue weighted by Crippen LogP contribution is -2.13. The van der Waals surface area contributed by atoms with Gasteiger partial charge in [-0.15, -0.1) is 12.4 Å². The van der Waals surface area contributed by atoms with Crippen LogP contribution in [0.2, 0.25) is 0 Å². The molecule has 5 nitrogen and oxygen atoms in total. The van der Waals surface area contributed by atoms with Crippen molar-refractivity contribution in [2.45, 2.75) is 12.8 Å². The van der Waals surface area contributed by atoms with Crippen LogP contribution in [0.3, 0.4) is 0 Å². The summed E-state index contributed by atoms with van der Waals surface area (Å²) in [6, 6.07) is 6.60. The average Bonchev–Trinajstić information content (AvgIpc) is 2.35. The second-order valence-electron chi connectivity index (χ2n) is 3.51. The second-order valence-corrected chi connectivity index (χ2v) is 3.51. The van der Waals surface area contributed by atoms with Crippen LogP contribution >= 0.6 is 12.4 Å². The van der Waals surface area contributed by atoms with Gasteiger partial charge < -0.3 is 15.8 Å². The highest BCUT2D eigenvalue weighted by Crippen LogP contribution is 2.12. The maximum atomic E-state index is 11.4. The second kappa shape index (κ2) is 8.49. The molecule has 6 heteroatoms. The number of halogens is 1. The van der Waals surface area contributed by atoms with Crippen LogP contribution in [0.25, 0.3) is 0 Å². The van der Waals surface area contributed by atoms with Gasteiger partial charge in [0.05, 0.1) is 12.7 Å². The molecule has 0 aliphatic carbocycles. The van der Waals surface area contributed by atoms with Gasteiger partial charge in [0.15, 0.2) is 0 Å². The molecule has 0 aliphatic rings. The fourth-order valence-corrected chi connectivity index (χ4v) is 1.33. The lowest BCUT2D eigenvalue weighted by molar-refractivity contribution is -0.116. The Morgan fingerprint density at radius 2 is 2.11 bits per heavy atom. The van der Waals surface area contributed by atoms with E-state index < -0.39 is 5.97 Å². The molecule has 1 aromatic rings. The maximum Gasteiger partial charge on any atom is 0.337 e. The average molecular weight is 273 g/mol. The van der Waals surface area contributed by atoms with Crippen molar-refractivity contribution in [3.63, 3.8) is 0 Å². The summed E-state index contributed by atoms with van der Waals surface area (Å²) in [5, 5.41) is 2.69. The molecule has 0 saturated heterocycles. The fourth-order valence-electron chi connectivity index (χ4n) is 1.33. The summed E-state index contributed by atoms with van der Waals surface area (Å²) >= 11 is 0. The van der Waals surface area contributed by atoms with E-state index in [2.05, 4.69) is 10.1 Å². The van der Waals surface area contributed by atoms with E-state index in [0.717, 1.165) is 0 Å². The molecular formula is C12H17ClN2O3. The Kier molecular flexibility index (Phi) is 7.74. The molecule has 0 aromatic heterocycles. The number of methoxy groups -OCH3 is 1. The number of carbonyl (C=O) groups excluding carboxylic acids is 2. The number of nitrogens with one attached hydrogen (secondary N) is 1. The molecule has 0 heterocycles. The SMILES string of the molecule is COC(=O)c1cccc(NC(=O)CCCN)c1.Cl. The quantitative estimate of drug-likeness (QED) is 0.797. The fraction of sp³-hybridized carbons (Fsp3) is 0.333. The zero-order chi connectivity index (χ0) is 12.7. The van der Waals surface area contributed by atoms with Crippen molar-refractivity contribution in [1.82, 2.24) is 0 Å². The first kappa shape index (κ1) is 16.4. The first-order chi connectivity index (χ1) is 8.17. The molecule has 0 unspecified atom stereocenters. The predicted molar refractivity (Wildman–Crippen MR) is 71.9 cm³/mol. The molecule has 0 aliphatic heterocycles. The zero-order valence-corrected chi connectivity index (χ0v) is 11.0. The van der Waals surface area contributed by atoms with Crippen molar-refractivity contribution in [1.29, 1.82) is 0 Å². The molecule has 0 spiro atoms. The lowest BCUT2D eigenvalue weighted by atomic mass is 10.2. The highest BCUT2D eigenvalue weighted by Gasteiger charge is 2.07. The Labute approximate surface area is 112 Å². The van der Waals surface area contributed by atoms with Gasteiger partial charge in [0, 0.05) is 12.1 Å². The van der Waals surface area contributed by atoms with E-state index in [1.807, 2.05) is 0 Å². The molecular weight excluding hydrogens is 256 g/mol. The van der Waals surface area contributed by atoms with Crippen molar-refractivity contribution < 1.29 is 14.3 Å². The number of benzene rings is 1. The normalized spacial score (nSPS) is 9.22. The number of rotatable bonds is 5. The van der Waals surface area contributed by atoms with Gasteiger partial charge in [-0.3, -0.25) is 4.79 Å². The third-order valence-electron chi connectivity index (χ3n) is 2.18. The van der Waals surface area contributed by atoms with Crippen LogP contribution in [-0.2, 0) is 9.53 Å². The Morgan fingerprint density at radius 3 is 2.72 bits per heavy atom. The van der Waals surface area contributed by atoms with Gasteiger partial charge in [0.25, 0.3) is 0 Å². The Morgan fingerprint density at radius 1 is 1.39 bits per heavy atom. The lowest BCUT2D eigenvalue weighted by Gasteiger charge is -2.06. The van der Waals surface area contributed by atoms with E-state index in [1.165, 1.54) is 7.11 Å². The Bertz CT molecular complexity index is 410. The summed E-state index contributed by atoms with van der Waals surface area (Å²) in [6.45, 7) is 0.482. The molecule has 0 atom stereocenters. The van der Waals surface area contributed by atoms with Gasteiger partial charge in [-0.25, -0.2) is 4.79 Å². The van der Waals surface area contributed by atoms with Gasteiger partial charge in [-0.1, -0.05) is 6.07 Å². The van der Waals surface area contributed by atoms with E-state index in [9.17, 15) is 9.59 Å². The predicted octanol–water partition coefficient (Wildman–Crippen LogP) is 1.57.